The molecule has 0 aliphatic carbocycles. The molecule has 5 aromatic rings. The highest BCUT2D eigenvalue weighted by Gasteiger charge is 2.35. The topological polar surface area (TPSA) is 123 Å². The Morgan fingerprint density at radius 3 is 2.50 bits per heavy atom. The largest absolute Gasteiger partial charge is 0.496 e. The molecule has 0 radical (unpaired) electrons. The number of pyridine rings is 1. The number of hydrogen-bond donors (Lipinski definition) is 4. The van der Waals surface area contributed by atoms with Crippen LogP contribution in [-0.2, 0) is 0 Å². The Balaban J connectivity index is 1.45. The van der Waals surface area contributed by atoms with Crippen molar-refractivity contribution < 1.29 is 14.6 Å². The fourth-order valence-corrected chi connectivity index (χ4v) is 6.27. The number of aromatic nitrogens is 3. The van der Waals surface area contributed by atoms with Crippen LogP contribution in [0.5, 0.6) is 5.75 Å². The van der Waals surface area contributed by atoms with Gasteiger partial charge in [0.25, 0.3) is 5.56 Å². The predicted molar refractivity (Wildman–Crippen MR) is 155 cm³/mol. The third kappa shape index (κ3) is 4.10. The minimum absolute atomic E-state index is 0.205. The summed E-state index contributed by atoms with van der Waals surface area (Å²) >= 11 is 0. The number of nitrogens with one attached hydrogen (secondary N) is 3. The molecule has 9 nitrogen and oxygen atoms in total. The molecule has 40 heavy (non-hydrogen) atoms. The van der Waals surface area contributed by atoms with Gasteiger partial charge in [-0.2, -0.15) is 0 Å². The van der Waals surface area contributed by atoms with E-state index in [-0.39, 0.29) is 17.2 Å². The third-order valence-electron chi connectivity index (χ3n) is 8.39. The lowest BCUT2D eigenvalue weighted by molar-refractivity contribution is 0.0697. The number of benzene rings is 3. The average molecular weight is 536 g/mol. The first kappa shape index (κ1) is 24.4. The SMILES string of the molecule is COc1cc2[nH]c(=O)c(-c3nc4ccccc4[nH]3)c(N[C@H]3CN4CCC3CC4)c2cc1-c1ccc(C(=O)O)cc1. The van der Waals surface area contributed by atoms with Crippen molar-refractivity contribution in [2.24, 2.45) is 5.92 Å². The molecule has 0 amide bonds. The first-order chi connectivity index (χ1) is 19.5. The van der Waals surface area contributed by atoms with Crippen LogP contribution in [0.15, 0.2) is 65.5 Å². The number of fused-ring (bicyclic) bond motifs is 5. The Kier molecular flexibility index (Phi) is 5.82. The lowest BCUT2D eigenvalue weighted by Gasteiger charge is -2.45. The fraction of sp³-hybridized carbons (Fsp3) is 0.258. The standard InChI is InChI=1S/C31H29N5O4/c1-40-26-15-24-21(14-20(26)17-6-8-19(9-7-17)31(38)39)28(32-25-16-36-12-10-18(25)11-13-36)27(30(37)35-24)29-33-22-4-2-3-5-23(22)34-29/h2-9,14-15,18,25H,10-13,16H2,1H3,(H,33,34)(H,38,39)(H2,32,35,37)/t25-/m0/s1. The van der Waals surface area contributed by atoms with Gasteiger partial charge < -0.3 is 30.0 Å². The van der Waals surface area contributed by atoms with Gasteiger partial charge in [-0.25, -0.2) is 9.78 Å². The van der Waals surface area contributed by atoms with Crippen LogP contribution in [0.4, 0.5) is 5.69 Å². The van der Waals surface area contributed by atoms with Crippen molar-refractivity contribution in [3.05, 3.63) is 76.6 Å². The number of piperidine rings is 3. The minimum atomic E-state index is -0.978. The summed E-state index contributed by atoms with van der Waals surface area (Å²) in [5.41, 5.74) is 5.09. The van der Waals surface area contributed by atoms with Crippen molar-refractivity contribution in [3.8, 4) is 28.3 Å². The number of ether oxygens (including phenoxy) is 1. The third-order valence-corrected chi connectivity index (χ3v) is 8.39. The summed E-state index contributed by atoms with van der Waals surface area (Å²) in [4.78, 5) is 38.8. The molecular formula is C31H29N5O4. The van der Waals surface area contributed by atoms with E-state index in [1.54, 1.807) is 31.4 Å². The number of aromatic carboxylic acids is 1. The highest BCUT2D eigenvalue weighted by atomic mass is 16.5. The molecule has 202 valence electrons. The average Bonchev–Trinajstić information content (AvgIpc) is 3.41. The second kappa shape index (κ2) is 9.53. The molecule has 8 rings (SSSR count). The molecule has 5 heterocycles. The number of anilines is 1. The Morgan fingerprint density at radius 2 is 1.82 bits per heavy atom. The van der Waals surface area contributed by atoms with Crippen LogP contribution in [0.25, 0.3) is 44.5 Å². The fourth-order valence-electron chi connectivity index (χ4n) is 6.27. The Bertz CT molecular complexity index is 1780. The van der Waals surface area contributed by atoms with Crippen LogP contribution >= 0.6 is 0 Å². The van der Waals surface area contributed by atoms with Crippen LogP contribution in [0, 0.1) is 5.92 Å². The summed E-state index contributed by atoms with van der Waals surface area (Å²) in [7, 11) is 1.59. The number of aromatic amines is 2. The molecule has 2 bridgehead atoms. The molecule has 2 aromatic heterocycles. The van der Waals surface area contributed by atoms with Gasteiger partial charge in [0.1, 0.15) is 17.1 Å². The summed E-state index contributed by atoms with van der Waals surface area (Å²) in [6, 6.07) is 18.5. The normalized spacial score (nSPS) is 20.2. The number of nitrogens with zero attached hydrogens (tertiary/aromatic N) is 2. The van der Waals surface area contributed by atoms with Gasteiger partial charge in [-0.05, 0) is 67.7 Å². The van der Waals surface area contributed by atoms with E-state index >= 15 is 0 Å². The first-order valence-corrected chi connectivity index (χ1v) is 13.5. The van der Waals surface area contributed by atoms with Crippen LogP contribution in [0.2, 0.25) is 0 Å². The van der Waals surface area contributed by atoms with Crippen molar-refractivity contribution in [2.75, 3.05) is 32.1 Å². The molecule has 0 unspecified atom stereocenters. The quantitative estimate of drug-likeness (QED) is 0.243. The number of carbonyl (C=O) groups is 1. The Labute approximate surface area is 229 Å². The zero-order chi connectivity index (χ0) is 27.4. The lowest BCUT2D eigenvalue weighted by Crippen LogP contribution is -2.53. The zero-order valence-corrected chi connectivity index (χ0v) is 22.0. The molecule has 3 aromatic carbocycles. The molecular weight excluding hydrogens is 506 g/mol. The van der Waals surface area contributed by atoms with Gasteiger partial charge in [-0.1, -0.05) is 24.3 Å². The number of methoxy groups -OCH3 is 1. The molecule has 0 spiro atoms. The number of hydrogen-bond acceptors (Lipinski definition) is 6. The zero-order valence-electron chi connectivity index (χ0n) is 22.0. The molecule has 3 fully saturated rings. The molecule has 3 aliphatic heterocycles. The molecule has 3 aliphatic rings. The number of carboxylic acids is 1. The van der Waals surface area contributed by atoms with Crippen molar-refractivity contribution in [3.63, 3.8) is 0 Å². The van der Waals surface area contributed by atoms with Crippen molar-refractivity contribution in [1.29, 1.82) is 0 Å². The second-order valence-electron chi connectivity index (χ2n) is 10.7. The van der Waals surface area contributed by atoms with Crippen LogP contribution < -0.4 is 15.6 Å². The lowest BCUT2D eigenvalue weighted by atomic mass is 9.83. The van der Waals surface area contributed by atoms with Gasteiger partial charge in [0.05, 0.1) is 34.9 Å². The Hall–Kier alpha value is -4.63. The maximum Gasteiger partial charge on any atom is 0.335 e. The van der Waals surface area contributed by atoms with E-state index in [0.29, 0.717) is 28.6 Å². The maximum atomic E-state index is 13.7. The van der Waals surface area contributed by atoms with E-state index in [9.17, 15) is 14.7 Å². The first-order valence-electron chi connectivity index (χ1n) is 13.5. The van der Waals surface area contributed by atoms with Gasteiger partial charge in [0.15, 0.2) is 0 Å². The van der Waals surface area contributed by atoms with Crippen LogP contribution in [-0.4, -0.2) is 63.7 Å². The second-order valence-corrected chi connectivity index (χ2v) is 10.7. The summed E-state index contributed by atoms with van der Waals surface area (Å²) in [6.07, 6.45) is 2.27. The summed E-state index contributed by atoms with van der Waals surface area (Å²) in [5, 5.41) is 14.0. The van der Waals surface area contributed by atoms with Gasteiger partial charge in [-0.3, -0.25) is 4.79 Å². The van der Waals surface area contributed by atoms with Crippen LogP contribution in [0.1, 0.15) is 23.2 Å². The van der Waals surface area contributed by atoms with E-state index < -0.39 is 5.97 Å². The van der Waals surface area contributed by atoms with Gasteiger partial charge >= 0.3 is 5.97 Å². The number of para-hydroxylation sites is 2. The maximum absolute atomic E-state index is 13.7. The number of imidazole rings is 1. The summed E-state index contributed by atoms with van der Waals surface area (Å²) in [5.74, 6) is 0.644. The highest BCUT2D eigenvalue weighted by molar-refractivity contribution is 6.02. The number of carboxylic acid groups (broad SMARTS) is 1. The van der Waals surface area contributed by atoms with Gasteiger partial charge in [-0.15, -0.1) is 0 Å². The molecule has 1 atom stereocenters. The summed E-state index contributed by atoms with van der Waals surface area (Å²) < 4.78 is 5.73. The van der Waals surface area contributed by atoms with Gasteiger partial charge in [0, 0.05) is 29.6 Å². The van der Waals surface area contributed by atoms with E-state index in [1.807, 2.05) is 36.4 Å². The monoisotopic (exact) mass is 535 g/mol. The predicted octanol–water partition coefficient (Wildman–Crippen LogP) is 4.95. The number of rotatable bonds is 6. The van der Waals surface area contributed by atoms with Gasteiger partial charge in [0.2, 0.25) is 0 Å². The molecule has 9 heteroatoms. The Morgan fingerprint density at radius 1 is 1.05 bits per heavy atom. The molecule has 3 saturated heterocycles. The van der Waals surface area contributed by atoms with Crippen LogP contribution in [0.3, 0.4) is 0 Å². The summed E-state index contributed by atoms with van der Waals surface area (Å²) in [6.45, 7) is 3.16. The smallest absolute Gasteiger partial charge is 0.335 e. The molecule has 0 saturated carbocycles. The number of H-pyrrole nitrogens is 2. The highest BCUT2D eigenvalue weighted by Crippen LogP contribution is 2.40. The van der Waals surface area contributed by atoms with E-state index in [4.69, 9.17) is 9.72 Å². The van der Waals surface area contributed by atoms with E-state index in [1.165, 1.54) is 0 Å². The van der Waals surface area contributed by atoms with Crippen molar-refractivity contribution in [1.82, 2.24) is 19.9 Å². The van der Waals surface area contributed by atoms with Crippen molar-refractivity contribution >= 4 is 33.6 Å². The minimum Gasteiger partial charge on any atom is -0.496 e. The van der Waals surface area contributed by atoms with Crippen molar-refractivity contribution in [2.45, 2.75) is 18.9 Å². The van der Waals surface area contributed by atoms with E-state index in [2.05, 4.69) is 20.2 Å². The molecule has 4 N–H and O–H groups in total. The van der Waals surface area contributed by atoms with E-state index in [0.717, 1.165) is 65.7 Å².